The number of fused-ring (bicyclic) bond motifs is 7. The van der Waals surface area contributed by atoms with Gasteiger partial charge in [-0.2, -0.15) is 0 Å². The number of hydrogen-bond acceptors (Lipinski definition) is 5. The molecule has 0 amide bonds. The highest BCUT2D eigenvalue weighted by Gasteiger charge is 2.39. The SMILES string of the molecule is CC1(C)c2ccccc2-c2c1ccc1c2Oc2ccc(-c3ccccc3-c3nc(-c4ccccc4)nc(-c4cccc5ccccc45)n3)cc2O1. The van der Waals surface area contributed by atoms with Crippen LogP contribution in [0.4, 0.5) is 0 Å². The molecule has 242 valence electrons. The first-order valence-electron chi connectivity index (χ1n) is 17.2. The van der Waals surface area contributed by atoms with Crippen molar-refractivity contribution in [2.24, 2.45) is 0 Å². The maximum Gasteiger partial charge on any atom is 0.178 e. The van der Waals surface area contributed by atoms with Gasteiger partial charge in [0.15, 0.2) is 40.5 Å². The van der Waals surface area contributed by atoms with E-state index < -0.39 is 0 Å². The van der Waals surface area contributed by atoms with Crippen molar-refractivity contribution in [1.29, 1.82) is 0 Å². The monoisotopic (exact) mass is 657 g/mol. The largest absolute Gasteiger partial charge is 0.449 e. The normalized spacial score (nSPS) is 13.4. The molecule has 2 aliphatic rings. The fraction of sp³-hybridized carbons (Fsp3) is 0.0652. The number of benzene rings is 7. The minimum atomic E-state index is -0.124. The molecular formula is C46H31N3O2. The third-order valence-electron chi connectivity index (χ3n) is 10.2. The van der Waals surface area contributed by atoms with E-state index in [4.69, 9.17) is 24.4 Å². The zero-order valence-corrected chi connectivity index (χ0v) is 28.1. The van der Waals surface area contributed by atoms with Crippen molar-refractivity contribution in [3.05, 3.63) is 163 Å². The number of ether oxygens (including phenoxy) is 2. The van der Waals surface area contributed by atoms with E-state index in [1.807, 2.05) is 60.7 Å². The van der Waals surface area contributed by atoms with Crippen molar-refractivity contribution < 1.29 is 9.47 Å². The molecule has 1 aromatic heterocycles. The van der Waals surface area contributed by atoms with Crippen LogP contribution in [0.5, 0.6) is 23.0 Å². The van der Waals surface area contributed by atoms with Crippen molar-refractivity contribution in [2.45, 2.75) is 19.3 Å². The van der Waals surface area contributed by atoms with Gasteiger partial charge in [-0.15, -0.1) is 0 Å². The molecule has 1 aliphatic heterocycles. The Morgan fingerprint density at radius 2 is 1.08 bits per heavy atom. The Labute approximate surface area is 295 Å². The number of nitrogens with zero attached hydrogens (tertiary/aromatic N) is 3. The highest BCUT2D eigenvalue weighted by Crippen LogP contribution is 2.58. The average Bonchev–Trinajstić information content (AvgIpc) is 3.43. The molecule has 8 aromatic rings. The van der Waals surface area contributed by atoms with Gasteiger partial charge in [0, 0.05) is 27.7 Å². The molecular weight excluding hydrogens is 627 g/mol. The van der Waals surface area contributed by atoms with Crippen LogP contribution in [0.25, 0.3) is 67.2 Å². The summed E-state index contributed by atoms with van der Waals surface area (Å²) in [6, 6.07) is 51.8. The Balaban J connectivity index is 1.08. The van der Waals surface area contributed by atoms with E-state index in [9.17, 15) is 0 Å². The minimum absolute atomic E-state index is 0.124. The summed E-state index contributed by atoms with van der Waals surface area (Å²) >= 11 is 0. The zero-order valence-electron chi connectivity index (χ0n) is 28.1. The molecule has 0 spiro atoms. The molecule has 0 saturated carbocycles. The predicted octanol–water partition coefficient (Wildman–Crippen LogP) is 11.9. The summed E-state index contributed by atoms with van der Waals surface area (Å²) in [5.41, 5.74) is 9.46. The molecule has 0 atom stereocenters. The molecule has 0 unspecified atom stereocenters. The Kier molecular flexibility index (Phi) is 6.46. The van der Waals surface area contributed by atoms with Crippen LogP contribution in [0.15, 0.2) is 152 Å². The molecule has 5 nitrogen and oxygen atoms in total. The van der Waals surface area contributed by atoms with E-state index in [-0.39, 0.29) is 5.41 Å². The van der Waals surface area contributed by atoms with E-state index >= 15 is 0 Å². The quantitative estimate of drug-likeness (QED) is 0.188. The topological polar surface area (TPSA) is 57.1 Å². The summed E-state index contributed by atoms with van der Waals surface area (Å²) in [4.78, 5) is 15.2. The lowest BCUT2D eigenvalue weighted by Gasteiger charge is -2.25. The summed E-state index contributed by atoms with van der Waals surface area (Å²) in [5.74, 6) is 4.67. The van der Waals surface area contributed by atoms with E-state index in [2.05, 4.69) is 105 Å². The van der Waals surface area contributed by atoms with Crippen LogP contribution in [-0.4, -0.2) is 15.0 Å². The van der Waals surface area contributed by atoms with Crippen LogP contribution >= 0.6 is 0 Å². The number of aromatic nitrogens is 3. The molecule has 0 N–H and O–H groups in total. The summed E-state index contributed by atoms with van der Waals surface area (Å²) in [7, 11) is 0. The molecule has 0 saturated heterocycles. The third kappa shape index (κ3) is 4.66. The van der Waals surface area contributed by atoms with Crippen molar-refractivity contribution in [1.82, 2.24) is 15.0 Å². The van der Waals surface area contributed by atoms with Gasteiger partial charge in [0.05, 0.1) is 0 Å². The van der Waals surface area contributed by atoms with Crippen molar-refractivity contribution in [3.63, 3.8) is 0 Å². The fourth-order valence-corrected chi connectivity index (χ4v) is 7.68. The Morgan fingerprint density at radius 1 is 0.431 bits per heavy atom. The summed E-state index contributed by atoms with van der Waals surface area (Å²) in [5, 5.41) is 2.23. The van der Waals surface area contributed by atoms with Crippen LogP contribution in [0.3, 0.4) is 0 Å². The van der Waals surface area contributed by atoms with Crippen LogP contribution < -0.4 is 9.47 Å². The van der Waals surface area contributed by atoms with E-state index in [1.54, 1.807) is 0 Å². The first kappa shape index (κ1) is 29.3. The van der Waals surface area contributed by atoms with Crippen molar-refractivity contribution in [3.8, 4) is 79.4 Å². The molecule has 7 aromatic carbocycles. The fourth-order valence-electron chi connectivity index (χ4n) is 7.68. The number of rotatable bonds is 4. The Hall–Kier alpha value is -6.59. The average molecular weight is 658 g/mol. The van der Waals surface area contributed by atoms with E-state index in [1.165, 1.54) is 16.7 Å². The zero-order chi connectivity index (χ0) is 34.1. The van der Waals surface area contributed by atoms with Gasteiger partial charge in [-0.3, -0.25) is 0 Å². The molecule has 10 rings (SSSR count). The first-order valence-corrected chi connectivity index (χ1v) is 17.2. The highest BCUT2D eigenvalue weighted by atomic mass is 16.6. The van der Waals surface area contributed by atoms with Crippen LogP contribution in [0, 0.1) is 0 Å². The lowest BCUT2D eigenvalue weighted by Crippen LogP contribution is -2.15. The van der Waals surface area contributed by atoms with E-state index in [0.717, 1.165) is 49.9 Å². The van der Waals surface area contributed by atoms with Gasteiger partial charge in [-0.1, -0.05) is 147 Å². The molecule has 0 bridgehead atoms. The standard InChI is InChI=1S/C46H31N3O2/c1-46(2)36-22-11-10-20-35(36)41-37(46)24-26-39-42(41)51-38-25-23-30(27-40(38)50-39)32-18-8-9-19-33(32)44-47-43(29-14-4-3-5-15-29)48-45(49-44)34-21-12-16-28-13-6-7-17-31(28)34/h3-27H,1-2H3. The Bertz CT molecular complexity index is 2680. The van der Waals surface area contributed by atoms with Crippen molar-refractivity contribution in [2.75, 3.05) is 0 Å². The van der Waals surface area contributed by atoms with Gasteiger partial charge in [0.1, 0.15) is 0 Å². The molecule has 2 heterocycles. The highest BCUT2D eigenvalue weighted by molar-refractivity contribution is 5.96. The maximum absolute atomic E-state index is 6.68. The summed E-state index contributed by atoms with van der Waals surface area (Å²) in [6.07, 6.45) is 0. The molecule has 1 aliphatic carbocycles. The second kappa shape index (κ2) is 11.2. The molecule has 0 fully saturated rings. The molecule has 0 radical (unpaired) electrons. The molecule has 51 heavy (non-hydrogen) atoms. The minimum Gasteiger partial charge on any atom is -0.449 e. The Morgan fingerprint density at radius 3 is 1.94 bits per heavy atom. The van der Waals surface area contributed by atoms with E-state index in [0.29, 0.717) is 34.7 Å². The van der Waals surface area contributed by atoms with Crippen LogP contribution in [0.2, 0.25) is 0 Å². The van der Waals surface area contributed by atoms with Gasteiger partial charge < -0.3 is 9.47 Å². The van der Waals surface area contributed by atoms with Crippen LogP contribution in [0.1, 0.15) is 25.0 Å². The summed E-state index contributed by atoms with van der Waals surface area (Å²) < 4.78 is 13.3. The smallest absolute Gasteiger partial charge is 0.178 e. The number of hydrogen-bond donors (Lipinski definition) is 0. The predicted molar refractivity (Wildman–Crippen MR) is 203 cm³/mol. The van der Waals surface area contributed by atoms with Gasteiger partial charge in [0.2, 0.25) is 0 Å². The van der Waals surface area contributed by atoms with Crippen LogP contribution in [-0.2, 0) is 5.41 Å². The maximum atomic E-state index is 6.68. The van der Waals surface area contributed by atoms with Gasteiger partial charge >= 0.3 is 0 Å². The second-order valence-corrected chi connectivity index (χ2v) is 13.6. The van der Waals surface area contributed by atoms with Gasteiger partial charge in [-0.25, -0.2) is 15.0 Å². The van der Waals surface area contributed by atoms with Crippen molar-refractivity contribution >= 4 is 10.8 Å². The lowest BCUT2D eigenvalue weighted by atomic mass is 9.82. The lowest BCUT2D eigenvalue weighted by molar-refractivity contribution is 0.360. The molecule has 5 heteroatoms. The van der Waals surface area contributed by atoms with Gasteiger partial charge in [0.25, 0.3) is 0 Å². The summed E-state index contributed by atoms with van der Waals surface area (Å²) in [6.45, 7) is 4.54. The first-order chi connectivity index (χ1) is 25.0. The van der Waals surface area contributed by atoms with Gasteiger partial charge in [-0.05, 0) is 56.8 Å². The third-order valence-corrected chi connectivity index (χ3v) is 10.2. The second-order valence-electron chi connectivity index (χ2n) is 13.6.